The Balaban J connectivity index is 1.73. The van der Waals surface area contributed by atoms with Gasteiger partial charge in [-0.3, -0.25) is 14.4 Å². The first-order valence-corrected chi connectivity index (χ1v) is 9.09. The number of aryl methyl sites for hydroxylation is 1. The van der Waals surface area contributed by atoms with Gasteiger partial charge in [-0.05, 0) is 43.0 Å². The van der Waals surface area contributed by atoms with Crippen LogP contribution in [0.4, 0.5) is 11.4 Å². The Hall–Kier alpha value is -3.47. The average molecular weight is 374 g/mol. The molecule has 3 aromatic carbocycles. The molecule has 1 unspecified atom stereocenters. The van der Waals surface area contributed by atoms with E-state index in [2.05, 4.69) is 10.6 Å². The Kier molecular flexibility index (Phi) is 5.84. The minimum Gasteiger partial charge on any atom is -0.326 e. The Labute approximate surface area is 163 Å². The van der Waals surface area contributed by atoms with E-state index in [0.29, 0.717) is 11.4 Å². The fourth-order valence-electron chi connectivity index (χ4n) is 3.10. The summed E-state index contributed by atoms with van der Waals surface area (Å²) in [6.45, 7) is 3.25. The Morgan fingerprint density at radius 1 is 0.893 bits per heavy atom. The summed E-state index contributed by atoms with van der Waals surface area (Å²) >= 11 is 0. The standard InChI is InChI=1S/C23H22N2O3/c1-15-7-5-10-18(13-15)24-22(27)14-20(16(2)26)23(28)25-21-12-6-9-17-8-3-4-11-19(17)21/h3-13,20H,14H2,1-2H3,(H,24,27)(H,25,28). The van der Waals surface area contributed by atoms with Crippen molar-refractivity contribution in [2.75, 3.05) is 10.6 Å². The van der Waals surface area contributed by atoms with Gasteiger partial charge in [0.25, 0.3) is 0 Å². The molecule has 0 spiro atoms. The maximum atomic E-state index is 12.7. The number of hydrogen-bond donors (Lipinski definition) is 2. The summed E-state index contributed by atoms with van der Waals surface area (Å²) in [5.74, 6) is -2.26. The van der Waals surface area contributed by atoms with Crippen LogP contribution >= 0.6 is 0 Å². The number of nitrogens with one attached hydrogen (secondary N) is 2. The third-order valence-electron chi connectivity index (χ3n) is 4.55. The predicted octanol–water partition coefficient (Wildman–Crippen LogP) is 4.32. The highest BCUT2D eigenvalue weighted by Crippen LogP contribution is 2.24. The van der Waals surface area contributed by atoms with Crippen molar-refractivity contribution in [1.29, 1.82) is 0 Å². The van der Waals surface area contributed by atoms with E-state index < -0.39 is 11.8 Å². The molecule has 0 aliphatic carbocycles. The van der Waals surface area contributed by atoms with E-state index in [9.17, 15) is 14.4 Å². The molecular formula is C23H22N2O3. The number of carbonyl (C=O) groups is 3. The van der Waals surface area contributed by atoms with Crippen LogP contribution in [0.5, 0.6) is 0 Å². The first-order chi connectivity index (χ1) is 13.4. The number of ketones is 1. The van der Waals surface area contributed by atoms with Gasteiger partial charge >= 0.3 is 0 Å². The summed E-state index contributed by atoms with van der Waals surface area (Å²) in [4.78, 5) is 37.1. The molecule has 3 rings (SSSR count). The zero-order chi connectivity index (χ0) is 20.1. The maximum absolute atomic E-state index is 12.7. The van der Waals surface area contributed by atoms with Crippen LogP contribution in [0.1, 0.15) is 18.9 Å². The molecule has 2 N–H and O–H groups in total. The number of amides is 2. The van der Waals surface area contributed by atoms with Crippen molar-refractivity contribution in [1.82, 2.24) is 0 Å². The van der Waals surface area contributed by atoms with Gasteiger partial charge in [0, 0.05) is 23.2 Å². The molecule has 0 bridgehead atoms. The molecule has 3 aromatic rings. The number of carbonyl (C=O) groups excluding carboxylic acids is 3. The molecule has 0 fully saturated rings. The van der Waals surface area contributed by atoms with Crippen molar-refractivity contribution in [3.63, 3.8) is 0 Å². The van der Waals surface area contributed by atoms with Crippen molar-refractivity contribution >= 4 is 39.7 Å². The minimum atomic E-state index is -1.05. The summed E-state index contributed by atoms with van der Waals surface area (Å²) < 4.78 is 0. The molecule has 142 valence electrons. The molecule has 5 heteroatoms. The molecule has 0 aromatic heterocycles. The SMILES string of the molecule is CC(=O)C(CC(=O)Nc1cccc(C)c1)C(=O)Nc1cccc2ccccc12. The van der Waals surface area contributed by atoms with Gasteiger partial charge in [0.15, 0.2) is 0 Å². The largest absolute Gasteiger partial charge is 0.326 e. The van der Waals surface area contributed by atoms with Crippen LogP contribution in [-0.2, 0) is 14.4 Å². The maximum Gasteiger partial charge on any atom is 0.235 e. The fraction of sp³-hybridized carbons (Fsp3) is 0.174. The summed E-state index contributed by atoms with van der Waals surface area (Å²) in [6, 6.07) is 20.6. The zero-order valence-corrected chi connectivity index (χ0v) is 15.9. The third-order valence-corrected chi connectivity index (χ3v) is 4.55. The van der Waals surface area contributed by atoms with Gasteiger partial charge < -0.3 is 10.6 Å². The first-order valence-electron chi connectivity index (χ1n) is 9.09. The molecule has 0 aliphatic rings. The number of hydrogen-bond acceptors (Lipinski definition) is 3. The van der Waals surface area contributed by atoms with Crippen LogP contribution in [0, 0.1) is 12.8 Å². The van der Waals surface area contributed by atoms with E-state index in [-0.39, 0.29) is 18.1 Å². The van der Waals surface area contributed by atoms with Gasteiger partial charge in [-0.2, -0.15) is 0 Å². The smallest absolute Gasteiger partial charge is 0.235 e. The highest BCUT2D eigenvalue weighted by atomic mass is 16.2. The van der Waals surface area contributed by atoms with Gasteiger partial charge in [-0.1, -0.05) is 48.5 Å². The summed E-state index contributed by atoms with van der Waals surface area (Å²) in [5, 5.41) is 7.41. The van der Waals surface area contributed by atoms with Crippen molar-refractivity contribution in [2.45, 2.75) is 20.3 Å². The molecule has 28 heavy (non-hydrogen) atoms. The summed E-state index contributed by atoms with van der Waals surface area (Å²) in [6.07, 6.45) is -0.208. The first kappa shape index (κ1) is 19.3. The number of rotatable bonds is 6. The number of anilines is 2. The lowest BCUT2D eigenvalue weighted by molar-refractivity contribution is -0.133. The van der Waals surface area contributed by atoms with Crippen molar-refractivity contribution in [3.05, 3.63) is 72.3 Å². The molecule has 0 aliphatic heterocycles. The highest BCUT2D eigenvalue weighted by molar-refractivity contribution is 6.12. The Morgan fingerprint density at radius 3 is 2.36 bits per heavy atom. The van der Waals surface area contributed by atoms with Crippen LogP contribution in [0.25, 0.3) is 10.8 Å². The fourth-order valence-corrected chi connectivity index (χ4v) is 3.10. The Morgan fingerprint density at radius 2 is 1.61 bits per heavy atom. The van der Waals surface area contributed by atoms with Gasteiger partial charge in [0.2, 0.25) is 11.8 Å². The number of Topliss-reactive ketones (excluding diaryl/α,β-unsaturated/α-hetero) is 1. The van der Waals surface area contributed by atoms with Gasteiger partial charge in [-0.25, -0.2) is 0 Å². The van der Waals surface area contributed by atoms with Crippen molar-refractivity contribution in [2.24, 2.45) is 5.92 Å². The second-order valence-corrected chi connectivity index (χ2v) is 6.80. The monoisotopic (exact) mass is 374 g/mol. The molecule has 0 radical (unpaired) electrons. The average Bonchev–Trinajstić information content (AvgIpc) is 2.66. The molecule has 0 saturated heterocycles. The van der Waals surface area contributed by atoms with E-state index in [1.807, 2.05) is 61.5 Å². The lowest BCUT2D eigenvalue weighted by Crippen LogP contribution is -2.32. The van der Waals surface area contributed by atoms with Crippen LogP contribution in [0.3, 0.4) is 0 Å². The molecule has 5 nitrogen and oxygen atoms in total. The third kappa shape index (κ3) is 4.62. The highest BCUT2D eigenvalue weighted by Gasteiger charge is 2.26. The lowest BCUT2D eigenvalue weighted by atomic mass is 9.99. The van der Waals surface area contributed by atoms with Crippen LogP contribution in [-0.4, -0.2) is 17.6 Å². The van der Waals surface area contributed by atoms with Gasteiger partial charge in [-0.15, -0.1) is 0 Å². The second kappa shape index (κ2) is 8.48. The topological polar surface area (TPSA) is 75.3 Å². The molecule has 0 heterocycles. The predicted molar refractivity (Wildman–Crippen MR) is 111 cm³/mol. The Bertz CT molecular complexity index is 1040. The minimum absolute atomic E-state index is 0.208. The van der Waals surface area contributed by atoms with Crippen LogP contribution in [0.15, 0.2) is 66.7 Å². The van der Waals surface area contributed by atoms with E-state index >= 15 is 0 Å². The van der Waals surface area contributed by atoms with E-state index in [1.54, 1.807) is 12.1 Å². The van der Waals surface area contributed by atoms with E-state index in [1.165, 1.54) is 6.92 Å². The van der Waals surface area contributed by atoms with E-state index in [4.69, 9.17) is 0 Å². The summed E-state index contributed by atoms with van der Waals surface area (Å²) in [5.41, 5.74) is 2.27. The second-order valence-electron chi connectivity index (χ2n) is 6.80. The zero-order valence-electron chi connectivity index (χ0n) is 15.9. The van der Waals surface area contributed by atoms with Crippen LogP contribution < -0.4 is 10.6 Å². The summed E-state index contributed by atoms with van der Waals surface area (Å²) in [7, 11) is 0. The van der Waals surface area contributed by atoms with Crippen molar-refractivity contribution < 1.29 is 14.4 Å². The molecular weight excluding hydrogens is 352 g/mol. The quantitative estimate of drug-likeness (QED) is 0.631. The number of benzene rings is 3. The lowest BCUT2D eigenvalue weighted by Gasteiger charge is -2.15. The van der Waals surface area contributed by atoms with E-state index in [0.717, 1.165) is 16.3 Å². The molecule has 0 saturated carbocycles. The van der Waals surface area contributed by atoms with Crippen LogP contribution in [0.2, 0.25) is 0 Å². The van der Waals surface area contributed by atoms with Gasteiger partial charge in [0.05, 0.1) is 0 Å². The molecule has 1 atom stereocenters. The van der Waals surface area contributed by atoms with Crippen molar-refractivity contribution in [3.8, 4) is 0 Å². The molecule has 2 amide bonds. The number of fused-ring (bicyclic) bond motifs is 1. The normalized spacial score (nSPS) is 11.6. The van der Waals surface area contributed by atoms with Gasteiger partial charge in [0.1, 0.15) is 11.7 Å².